The monoisotopic (exact) mass is 191 g/mol. The lowest BCUT2D eigenvalue weighted by atomic mass is 10.1. The normalized spacial score (nSPS) is 15.6. The second-order valence-corrected chi connectivity index (χ2v) is 3.47. The van der Waals surface area contributed by atoms with Crippen LogP contribution in [0, 0.1) is 0 Å². The van der Waals surface area contributed by atoms with Crippen LogP contribution in [0.5, 0.6) is 0 Å². The van der Waals surface area contributed by atoms with Crippen LogP contribution < -0.4 is 4.90 Å². The zero-order valence-electron chi connectivity index (χ0n) is 8.45. The van der Waals surface area contributed by atoms with E-state index in [4.69, 9.17) is 0 Å². The highest BCUT2D eigenvalue weighted by Gasteiger charge is 2.22. The van der Waals surface area contributed by atoms with Gasteiger partial charge in [0.1, 0.15) is 11.6 Å². The maximum Gasteiger partial charge on any atom is 0.169 e. The predicted octanol–water partition coefficient (Wildman–Crippen LogP) is 1.06. The van der Waals surface area contributed by atoms with E-state index in [1.807, 2.05) is 18.9 Å². The van der Waals surface area contributed by atoms with E-state index in [1.165, 1.54) is 0 Å². The lowest BCUT2D eigenvalue weighted by Crippen LogP contribution is -2.30. The van der Waals surface area contributed by atoms with Crippen LogP contribution in [-0.2, 0) is 6.42 Å². The topological polar surface area (TPSA) is 46.1 Å². The van der Waals surface area contributed by atoms with Crippen LogP contribution in [0.25, 0.3) is 0 Å². The Morgan fingerprint density at radius 2 is 2.36 bits per heavy atom. The van der Waals surface area contributed by atoms with Gasteiger partial charge in [0.05, 0.1) is 5.56 Å². The third-order valence-electron chi connectivity index (χ3n) is 2.47. The second-order valence-electron chi connectivity index (χ2n) is 3.47. The Labute approximate surface area is 83.0 Å². The van der Waals surface area contributed by atoms with Crippen LogP contribution in [0.4, 0.5) is 5.82 Å². The molecule has 0 N–H and O–H groups in total. The van der Waals surface area contributed by atoms with Crippen LogP contribution in [-0.4, -0.2) is 29.3 Å². The SMILES string of the molecule is CCc1ncc2c(n1)N(C)CCC2=O. The highest BCUT2D eigenvalue weighted by Crippen LogP contribution is 2.22. The summed E-state index contributed by atoms with van der Waals surface area (Å²) in [5.41, 5.74) is 0.663. The summed E-state index contributed by atoms with van der Waals surface area (Å²) < 4.78 is 0. The molecule has 4 nitrogen and oxygen atoms in total. The third kappa shape index (κ3) is 1.36. The van der Waals surface area contributed by atoms with E-state index in [0.717, 1.165) is 24.6 Å². The molecular formula is C10H13N3O. The van der Waals surface area contributed by atoms with Crippen LogP contribution in [0.3, 0.4) is 0 Å². The van der Waals surface area contributed by atoms with Crippen molar-refractivity contribution in [1.29, 1.82) is 0 Å². The first-order chi connectivity index (χ1) is 6.72. The van der Waals surface area contributed by atoms with Gasteiger partial charge in [-0.1, -0.05) is 6.92 Å². The van der Waals surface area contributed by atoms with Gasteiger partial charge in [-0.2, -0.15) is 0 Å². The summed E-state index contributed by atoms with van der Waals surface area (Å²) in [6, 6.07) is 0. The molecule has 14 heavy (non-hydrogen) atoms. The largest absolute Gasteiger partial charge is 0.359 e. The molecular weight excluding hydrogens is 178 g/mol. The van der Waals surface area contributed by atoms with Gasteiger partial charge in [0.2, 0.25) is 0 Å². The van der Waals surface area contributed by atoms with Crippen molar-refractivity contribution in [3.8, 4) is 0 Å². The molecule has 0 atom stereocenters. The number of rotatable bonds is 1. The first-order valence-electron chi connectivity index (χ1n) is 4.82. The van der Waals surface area contributed by atoms with Gasteiger partial charge in [0.25, 0.3) is 0 Å². The van der Waals surface area contributed by atoms with E-state index >= 15 is 0 Å². The van der Waals surface area contributed by atoms with Gasteiger partial charge in [0.15, 0.2) is 5.78 Å². The molecule has 0 saturated carbocycles. The van der Waals surface area contributed by atoms with Crippen molar-refractivity contribution >= 4 is 11.6 Å². The number of carbonyl (C=O) groups excluding carboxylic acids is 1. The molecule has 4 heteroatoms. The van der Waals surface area contributed by atoms with Crippen LogP contribution in [0.1, 0.15) is 29.5 Å². The summed E-state index contributed by atoms with van der Waals surface area (Å²) in [6.07, 6.45) is 3.02. The Kier molecular flexibility index (Phi) is 2.19. The van der Waals surface area contributed by atoms with E-state index < -0.39 is 0 Å². The van der Waals surface area contributed by atoms with Crippen molar-refractivity contribution in [3.63, 3.8) is 0 Å². The minimum Gasteiger partial charge on any atom is -0.359 e. The van der Waals surface area contributed by atoms with E-state index in [-0.39, 0.29) is 5.78 Å². The smallest absolute Gasteiger partial charge is 0.169 e. The van der Waals surface area contributed by atoms with Gasteiger partial charge in [-0.3, -0.25) is 4.79 Å². The number of hydrogen-bond donors (Lipinski definition) is 0. The van der Waals surface area contributed by atoms with Crippen molar-refractivity contribution in [2.75, 3.05) is 18.5 Å². The number of Topliss-reactive ketones (excluding diaryl/α,β-unsaturated/α-hetero) is 1. The van der Waals surface area contributed by atoms with Crippen molar-refractivity contribution in [1.82, 2.24) is 9.97 Å². The van der Waals surface area contributed by atoms with E-state index in [0.29, 0.717) is 12.0 Å². The van der Waals surface area contributed by atoms with E-state index in [2.05, 4.69) is 9.97 Å². The van der Waals surface area contributed by atoms with E-state index in [1.54, 1.807) is 6.20 Å². The molecule has 1 aliphatic heterocycles. The number of nitrogens with zero attached hydrogens (tertiary/aromatic N) is 3. The number of hydrogen-bond acceptors (Lipinski definition) is 4. The molecule has 2 rings (SSSR count). The molecule has 0 saturated heterocycles. The molecule has 0 aliphatic carbocycles. The number of fused-ring (bicyclic) bond motifs is 1. The molecule has 1 aromatic heterocycles. The van der Waals surface area contributed by atoms with Crippen LogP contribution in [0.15, 0.2) is 6.20 Å². The summed E-state index contributed by atoms with van der Waals surface area (Å²) in [4.78, 5) is 22.0. The quantitative estimate of drug-likeness (QED) is 0.666. The van der Waals surface area contributed by atoms with Crippen molar-refractivity contribution in [3.05, 3.63) is 17.6 Å². The molecule has 0 spiro atoms. The van der Waals surface area contributed by atoms with Gasteiger partial charge >= 0.3 is 0 Å². The Hall–Kier alpha value is -1.45. The number of aryl methyl sites for hydroxylation is 1. The van der Waals surface area contributed by atoms with Gasteiger partial charge in [-0.05, 0) is 0 Å². The van der Waals surface area contributed by atoms with Crippen molar-refractivity contribution < 1.29 is 4.79 Å². The zero-order chi connectivity index (χ0) is 10.1. The molecule has 74 valence electrons. The summed E-state index contributed by atoms with van der Waals surface area (Å²) in [7, 11) is 1.96. The minimum atomic E-state index is 0.153. The Bertz CT molecular complexity index is 376. The molecule has 0 bridgehead atoms. The minimum absolute atomic E-state index is 0.153. The molecule has 0 fully saturated rings. The average Bonchev–Trinajstić information content (AvgIpc) is 2.23. The highest BCUT2D eigenvalue weighted by molar-refractivity contribution is 6.02. The molecule has 1 aliphatic rings. The molecule has 0 unspecified atom stereocenters. The second kappa shape index (κ2) is 3.36. The zero-order valence-corrected chi connectivity index (χ0v) is 8.45. The molecule has 0 radical (unpaired) electrons. The van der Waals surface area contributed by atoms with Gasteiger partial charge in [-0.15, -0.1) is 0 Å². The van der Waals surface area contributed by atoms with Gasteiger partial charge in [-0.25, -0.2) is 9.97 Å². The Morgan fingerprint density at radius 3 is 3.07 bits per heavy atom. The third-order valence-corrected chi connectivity index (χ3v) is 2.47. The maximum absolute atomic E-state index is 11.5. The van der Waals surface area contributed by atoms with Crippen LogP contribution in [0.2, 0.25) is 0 Å². The predicted molar refractivity (Wildman–Crippen MR) is 53.6 cm³/mol. The van der Waals surface area contributed by atoms with E-state index in [9.17, 15) is 4.79 Å². The van der Waals surface area contributed by atoms with Crippen molar-refractivity contribution in [2.24, 2.45) is 0 Å². The first-order valence-corrected chi connectivity index (χ1v) is 4.82. The summed E-state index contributed by atoms with van der Waals surface area (Å²) in [6.45, 7) is 2.76. The number of aromatic nitrogens is 2. The molecule has 0 aromatic carbocycles. The van der Waals surface area contributed by atoms with Crippen molar-refractivity contribution in [2.45, 2.75) is 19.8 Å². The fourth-order valence-electron chi connectivity index (χ4n) is 1.58. The summed E-state index contributed by atoms with van der Waals surface area (Å²) >= 11 is 0. The van der Waals surface area contributed by atoms with Crippen LogP contribution >= 0.6 is 0 Å². The lowest BCUT2D eigenvalue weighted by Gasteiger charge is -2.24. The Morgan fingerprint density at radius 1 is 1.57 bits per heavy atom. The molecule has 2 heterocycles. The maximum atomic E-state index is 11.5. The number of ketones is 1. The first kappa shape index (κ1) is 9.12. The Balaban J connectivity index is 2.50. The number of carbonyl (C=O) groups is 1. The van der Waals surface area contributed by atoms with Gasteiger partial charge in [0, 0.05) is 32.6 Å². The molecule has 0 amide bonds. The van der Waals surface area contributed by atoms with Gasteiger partial charge < -0.3 is 4.90 Å². The summed E-state index contributed by atoms with van der Waals surface area (Å²) in [5.74, 6) is 1.74. The number of anilines is 1. The fourth-order valence-corrected chi connectivity index (χ4v) is 1.58. The fraction of sp³-hybridized carbons (Fsp3) is 0.500. The summed E-state index contributed by atoms with van der Waals surface area (Å²) in [5, 5.41) is 0. The highest BCUT2D eigenvalue weighted by atomic mass is 16.1. The lowest BCUT2D eigenvalue weighted by molar-refractivity contribution is 0.0979. The average molecular weight is 191 g/mol. The molecule has 1 aromatic rings. The standard InChI is InChI=1S/C10H13N3O/c1-3-9-11-6-7-8(14)4-5-13(2)10(7)12-9/h6H,3-5H2,1-2H3.